The Bertz CT molecular complexity index is 656. The van der Waals surface area contributed by atoms with Crippen molar-refractivity contribution in [1.29, 1.82) is 0 Å². The van der Waals surface area contributed by atoms with Crippen molar-refractivity contribution in [3.05, 3.63) is 64.1 Å². The zero-order chi connectivity index (χ0) is 19.5. The van der Waals surface area contributed by atoms with Gasteiger partial charge in [0.25, 0.3) is 0 Å². The van der Waals surface area contributed by atoms with Gasteiger partial charge in [-0.25, -0.2) is 0 Å². The number of hydrogen-bond acceptors (Lipinski definition) is 3. The van der Waals surface area contributed by atoms with E-state index in [1.54, 1.807) is 0 Å². The molecule has 2 aromatic carbocycles. The third kappa shape index (κ3) is 7.84. The molecule has 27 heavy (non-hydrogen) atoms. The average molecular weight is 467 g/mol. The lowest BCUT2D eigenvalue weighted by Gasteiger charge is -2.22. The maximum absolute atomic E-state index is 3.64. The minimum Gasteiger partial charge on any atom is -0.303 e. The molecule has 0 aliphatic carbocycles. The van der Waals surface area contributed by atoms with Crippen molar-refractivity contribution < 1.29 is 0 Å². The summed E-state index contributed by atoms with van der Waals surface area (Å²) in [6.07, 6.45) is 2.55. The summed E-state index contributed by atoms with van der Waals surface area (Å²) in [7, 11) is 0. The predicted molar refractivity (Wildman–Crippen MR) is 128 cm³/mol. The number of thioether (sulfide) groups is 2. The Kier molecular flexibility index (Phi) is 10.9. The van der Waals surface area contributed by atoms with Gasteiger partial charge in [-0.05, 0) is 60.7 Å². The molecular formula is C23H32BrNS2. The highest BCUT2D eigenvalue weighted by Crippen LogP contribution is 2.37. The molecule has 0 radical (unpaired) electrons. The number of unbranched alkanes of at least 4 members (excludes halogenated alkanes) is 1. The Labute approximate surface area is 182 Å². The van der Waals surface area contributed by atoms with Crippen molar-refractivity contribution in [2.24, 2.45) is 0 Å². The molecular weight excluding hydrogens is 434 g/mol. The summed E-state index contributed by atoms with van der Waals surface area (Å²) < 4.78 is 1.15. The molecule has 0 fully saturated rings. The van der Waals surface area contributed by atoms with Crippen LogP contribution in [0, 0.1) is 0 Å². The number of nitrogens with zero attached hydrogens (tertiary/aromatic N) is 1. The van der Waals surface area contributed by atoms with Gasteiger partial charge in [-0.3, -0.25) is 0 Å². The molecule has 0 spiro atoms. The lowest BCUT2D eigenvalue weighted by Crippen LogP contribution is -2.25. The van der Waals surface area contributed by atoms with Gasteiger partial charge in [-0.15, -0.1) is 23.5 Å². The maximum atomic E-state index is 3.64. The Morgan fingerprint density at radius 3 is 2.30 bits per heavy atom. The largest absolute Gasteiger partial charge is 0.303 e. The van der Waals surface area contributed by atoms with Gasteiger partial charge < -0.3 is 4.90 Å². The molecule has 2 rings (SSSR count). The van der Waals surface area contributed by atoms with Crippen molar-refractivity contribution in [3.63, 3.8) is 0 Å². The molecule has 2 aromatic rings. The summed E-state index contributed by atoms with van der Waals surface area (Å²) in [6, 6.07) is 18.0. The fraction of sp³-hybridized carbons (Fsp3) is 0.478. The Morgan fingerprint density at radius 2 is 1.67 bits per heavy atom. The highest BCUT2D eigenvalue weighted by Gasteiger charge is 2.16. The van der Waals surface area contributed by atoms with Gasteiger partial charge in [0.15, 0.2) is 0 Å². The SMILES string of the molecule is CCCCSc1ccc(C(SCCN(CC)CC)c2cccc(Br)c2)cc1. The van der Waals surface area contributed by atoms with Crippen LogP contribution >= 0.6 is 39.5 Å². The van der Waals surface area contributed by atoms with E-state index in [0.717, 1.165) is 29.9 Å². The average Bonchev–Trinajstić information content (AvgIpc) is 2.69. The molecule has 0 aliphatic heterocycles. The lowest BCUT2D eigenvalue weighted by molar-refractivity contribution is 0.324. The van der Waals surface area contributed by atoms with Crippen LogP contribution in [-0.2, 0) is 0 Å². The molecule has 0 aliphatic rings. The van der Waals surface area contributed by atoms with E-state index >= 15 is 0 Å². The van der Waals surface area contributed by atoms with Crippen molar-refractivity contribution in [2.45, 2.75) is 43.8 Å². The summed E-state index contributed by atoms with van der Waals surface area (Å²) in [5.41, 5.74) is 2.78. The van der Waals surface area contributed by atoms with E-state index in [2.05, 4.69) is 102 Å². The van der Waals surface area contributed by atoms with E-state index in [9.17, 15) is 0 Å². The standard InChI is InChI=1S/C23H32BrNS2/c1-4-7-16-26-22-13-11-19(12-14-22)23(20-9-8-10-21(24)18-20)27-17-15-25(5-2)6-3/h8-14,18,23H,4-7,15-17H2,1-3H3. The number of benzene rings is 2. The predicted octanol–water partition coefficient (Wildman–Crippen LogP) is 7.51. The number of halogens is 1. The number of rotatable bonds is 12. The van der Waals surface area contributed by atoms with Crippen LogP contribution in [-0.4, -0.2) is 36.0 Å². The second-order valence-electron chi connectivity index (χ2n) is 6.60. The maximum Gasteiger partial charge on any atom is 0.0547 e. The summed E-state index contributed by atoms with van der Waals surface area (Å²) in [4.78, 5) is 3.88. The second-order valence-corrected chi connectivity index (χ2v) is 9.90. The van der Waals surface area contributed by atoms with E-state index in [1.165, 1.54) is 34.6 Å². The third-order valence-electron chi connectivity index (χ3n) is 4.69. The summed E-state index contributed by atoms with van der Waals surface area (Å²) in [5.74, 6) is 2.36. The van der Waals surface area contributed by atoms with Gasteiger partial charge in [-0.2, -0.15) is 0 Å². The molecule has 0 saturated heterocycles. The minimum absolute atomic E-state index is 0.382. The first-order chi connectivity index (χ1) is 13.2. The Balaban J connectivity index is 2.11. The molecule has 1 atom stereocenters. The molecule has 1 nitrogen and oxygen atoms in total. The monoisotopic (exact) mass is 465 g/mol. The smallest absolute Gasteiger partial charge is 0.0547 e. The summed E-state index contributed by atoms with van der Waals surface area (Å²) >= 11 is 7.67. The highest BCUT2D eigenvalue weighted by atomic mass is 79.9. The molecule has 4 heteroatoms. The van der Waals surface area contributed by atoms with Crippen LogP contribution in [0.1, 0.15) is 50.0 Å². The molecule has 1 unspecified atom stereocenters. The Morgan fingerprint density at radius 1 is 0.926 bits per heavy atom. The summed E-state index contributed by atoms with van der Waals surface area (Å²) in [5, 5.41) is 0.382. The van der Waals surface area contributed by atoms with Crippen LogP contribution in [0.2, 0.25) is 0 Å². The normalized spacial score (nSPS) is 12.5. The van der Waals surface area contributed by atoms with E-state index in [-0.39, 0.29) is 0 Å². The van der Waals surface area contributed by atoms with Gasteiger partial charge in [0.1, 0.15) is 0 Å². The van der Waals surface area contributed by atoms with E-state index < -0.39 is 0 Å². The molecule has 148 valence electrons. The second kappa shape index (κ2) is 12.9. The van der Waals surface area contributed by atoms with Crippen LogP contribution in [0.3, 0.4) is 0 Å². The van der Waals surface area contributed by atoms with Crippen molar-refractivity contribution in [2.75, 3.05) is 31.1 Å². The molecule has 0 saturated carbocycles. The lowest BCUT2D eigenvalue weighted by atomic mass is 10.0. The van der Waals surface area contributed by atoms with Gasteiger partial charge in [0.05, 0.1) is 5.25 Å². The van der Waals surface area contributed by atoms with Crippen molar-refractivity contribution in [1.82, 2.24) is 4.90 Å². The molecule has 0 N–H and O–H groups in total. The molecule has 0 heterocycles. The van der Waals surface area contributed by atoms with Crippen molar-refractivity contribution >= 4 is 39.5 Å². The van der Waals surface area contributed by atoms with E-state index in [4.69, 9.17) is 0 Å². The van der Waals surface area contributed by atoms with Gasteiger partial charge in [0.2, 0.25) is 0 Å². The first kappa shape index (κ1) is 22.9. The van der Waals surface area contributed by atoms with Gasteiger partial charge >= 0.3 is 0 Å². The zero-order valence-corrected chi connectivity index (χ0v) is 20.0. The first-order valence-electron chi connectivity index (χ1n) is 10.00. The topological polar surface area (TPSA) is 3.24 Å². The number of hydrogen-bond donors (Lipinski definition) is 0. The van der Waals surface area contributed by atoms with Crippen LogP contribution in [0.5, 0.6) is 0 Å². The molecule has 0 bridgehead atoms. The highest BCUT2D eigenvalue weighted by molar-refractivity contribution is 9.10. The van der Waals surface area contributed by atoms with Crippen molar-refractivity contribution in [3.8, 4) is 0 Å². The van der Waals surface area contributed by atoms with E-state index in [0.29, 0.717) is 5.25 Å². The quantitative estimate of drug-likeness (QED) is 0.235. The van der Waals surface area contributed by atoms with Crippen LogP contribution in [0.15, 0.2) is 57.9 Å². The molecule has 0 amide bonds. The zero-order valence-electron chi connectivity index (χ0n) is 16.8. The van der Waals surface area contributed by atoms with Gasteiger partial charge in [0, 0.05) is 21.7 Å². The summed E-state index contributed by atoms with van der Waals surface area (Å²) in [6.45, 7) is 10.1. The van der Waals surface area contributed by atoms with E-state index in [1.807, 2.05) is 11.8 Å². The van der Waals surface area contributed by atoms with Crippen LogP contribution in [0.25, 0.3) is 0 Å². The fourth-order valence-electron chi connectivity index (χ4n) is 2.97. The Hall–Kier alpha value is -0.420. The molecule has 0 aromatic heterocycles. The van der Waals surface area contributed by atoms with Crippen LogP contribution in [0.4, 0.5) is 0 Å². The van der Waals surface area contributed by atoms with Crippen LogP contribution < -0.4 is 0 Å². The first-order valence-corrected chi connectivity index (χ1v) is 12.8. The fourth-order valence-corrected chi connectivity index (χ4v) is 5.67. The minimum atomic E-state index is 0.382. The van der Waals surface area contributed by atoms with Gasteiger partial charge in [-0.1, -0.05) is 67.4 Å². The third-order valence-corrected chi connectivity index (χ3v) is 7.57.